The highest BCUT2D eigenvalue weighted by Gasteiger charge is 2.40. The number of aromatic nitrogens is 3. The third-order valence-corrected chi connectivity index (χ3v) is 7.43. The first-order chi connectivity index (χ1) is 18.1. The van der Waals surface area contributed by atoms with Gasteiger partial charge < -0.3 is 32.0 Å². The fourth-order valence-electron chi connectivity index (χ4n) is 5.19. The highest BCUT2D eigenvalue weighted by Crippen LogP contribution is 2.27. The van der Waals surface area contributed by atoms with Crippen molar-refractivity contribution in [2.24, 2.45) is 4.99 Å². The summed E-state index contributed by atoms with van der Waals surface area (Å²) in [4.78, 5) is 42.8. The van der Waals surface area contributed by atoms with Gasteiger partial charge in [-0.2, -0.15) is 0 Å². The number of nitrogens with two attached hydrogens (primary N) is 2. The number of rotatable bonds is 4. The molecular weight excluding hydrogens is 508 g/mol. The number of carbonyl (C=O) groups excluding carboxylic acids is 2. The summed E-state index contributed by atoms with van der Waals surface area (Å²) in [5, 5.41) is 10.2. The van der Waals surface area contributed by atoms with E-state index in [0.717, 1.165) is 11.9 Å². The SMILES string of the molecule is Cc1cc(C)c2c(CCNC(=O)N3CCC4(CC3)CN=C(NC(=O)c3nc(Cl)c(N)nc3N)N4)c[nH]c2c1. The minimum atomic E-state index is -0.586. The van der Waals surface area contributed by atoms with Crippen LogP contribution in [-0.2, 0) is 6.42 Å². The Hall–Kier alpha value is -4.06. The number of guanidine groups is 1. The van der Waals surface area contributed by atoms with Crippen LogP contribution in [-0.4, -0.2) is 69.5 Å². The van der Waals surface area contributed by atoms with E-state index in [9.17, 15) is 9.59 Å². The van der Waals surface area contributed by atoms with Crippen LogP contribution in [0.1, 0.15) is 40.0 Å². The zero-order valence-corrected chi connectivity index (χ0v) is 22.1. The molecule has 3 aromatic rings. The number of piperidine rings is 1. The molecule has 1 aromatic carbocycles. The van der Waals surface area contributed by atoms with Gasteiger partial charge in [-0.1, -0.05) is 17.7 Å². The Labute approximate surface area is 224 Å². The van der Waals surface area contributed by atoms with E-state index in [4.69, 9.17) is 23.1 Å². The number of likely N-dealkylation sites (tertiary alicyclic amines) is 1. The van der Waals surface area contributed by atoms with E-state index in [1.165, 1.54) is 22.1 Å². The molecular formula is C25H31ClN10O2. The summed E-state index contributed by atoms with van der Waals surface area (Å²) < 4.78 is 0. The monoisotopic (exact) mass is 538 g/mol. The van der Waals surface area contributed by atoms with Gasteiger partial charge in [-0.3, -0.25) is 15.1 Å². The number of aliphatic imine (C=N–C) groups is 1. The molecule has 13 heteroatoms. The summed E-state index contributed by atoms with van der Waals surface area (Å²) >= 11 is 5.88. The maximum absolute atomic E-state index is 12.8. The summed E-state index contributed by atoms with van der Waals surface area (Å²) in [7, 11) is 0. The molecule has 3 amide bonds. The molecule has 5 rings (SSSR count). The molecule has 2 aliphatic rings. The molecule has 12 nitrogen and oxygen atoms in total. The van der Waals surface area contributed by atoms with Crippen LogP contribution >= 0.6 is 11.6 Å². The van der Waals surface area contributed by atoms with Gasteiger partial charge in [0.25, 0.3) is 5.91 Å². The lowest BCUT2D eigenvalue weighted by Crippen LogP contribution is -2.58. The fourth-order valence-corrected chi connectivity index (χ4v) is 5.31. The standard InChI is InChI=1S/C25H31ClN10O2/c1-13-9-14(2)17-15(11-30-16(17)10-13)3-6-29-24(38)36-7-4-25(5-8-36)12-31-23(35-25)34-22(37)18-20(27)33-21(28)19(26)32-18/h9-11,30H,3-8,12H2,1-2H3,(H,29,38)(H4,27,28,33)(H2,31,34,35,37). The third kappa shape index (κ3) is 5.03. The summed E-state index contributed by atoms with van der Waals surface area (Å²) in [6.45, 7) is 6.40. The Morgan fingerprint density at radius 3 is 2.68 bits per heavy atom. The fraction of sp³-hybridized carbons (Fsp3) is 0.400. The van der Waals surface area contributed by atoms with Gasteiger partial charge in [0.2, 0.25) is 0 Å². The van der Waals surface area contributed by atoms with Crippen molar-refractivity contribution in [3.8, 4) is 0 Å². The minimum Gasteiger partial charge on any atom is -0.382 e. The van der Waals surface area contributed by atoms with E-state index < -0.39 is 5.91 Å². The normalized spacial score (nSPS) is 16.4. The minimum absolute atomic E-state index is 0.0464. The molecule has 1 fully saturated rings. The van der Waals surface area contributed by atoms with Gasteiger partial charge in [0, 0.05) is 36.7 Å². The zero-order valence-electron chi connectivity index (χ0n) is 21.3. The van der Waals surface area contributed by atoms with Crippen molar-refractivity contribution in [2.45, 2.75) is 38.6 Å². The molecule has 1 saturated heterocycles. The Morgan fingerprint density at radius 2 is 1.92 bits per heavy atom. The Morgan fingerprint density at radius 1 is 1.16 bits per heavy atom. The van der Waals surface area contributed by atoms with E-state index in [2.05, 4.69) is 61.9 Å². The highest BCUT2D eigenvalue weighted by atomic mass is 35.5. The van der Waals surface area contributed by atoms with Crippen LogP contribution in [0, 0.1) is 13.8 Å². The number of urea groups is 1. The molecule has 0 saturated carbocycles. The lowest BCUT2D eigenvalue weighted by molar-refractivity contribution is 0.0971. The van der Waals surface area contributed by atoms with Gasteiger partial charge >= 0.3 is 6.03 Å². The number of anilines is 2. The topological polar surface area (TPSA) is 179 Å². The van der Waals surface area contributed by atoms with Crippen molar-refractivity contribution in [3.05, 3.63) is 45.9 Å². The number of fused-ring (bicyclic) bond motifs is 1. The molecule has 2 aromatic heterocycles. The molecule has 0 radical (unpaired) electrons. The average molecular weight is 539 g/mol. The van der Waals surface area contributed by atoms with Gasteiger partial charge in [0.1, 0.15) is 0 Å². The summed E-state index contributed by atoms with van der Waals surface area (Å²) in [6.07, 6.45) is 4.17. The molecule has 1 spiro atoms. The molecule has 200 valence electrons. The quantitative estimate of drug-likeness (QED) is 0.293. The van der Waals surface area contributed by atoms with Gasteiger partial charge in [-0.15, -0.1) is 0 Å². The van der Waals surface area contributed by atoms with E-state index in [1.807, 2.05) is 11.1 Å². The van der Waals surface area contributed by atoms with Crippen molar-refractivity contribution < 1.29 is 9.59 Å². The van der Waals surface area contributed by atoms with Crippen molar-refractivity contribution >= 4 is 52.0 Å². The van der Waals surface area contributed by atoms with Crippen molar-refractivity contribution in [1.82, 2.24) is 35.8 Å². The largest absolute Gasteiger partial charge is 0.382 e. The Kier molecular flexibility index (Phi) is 6.74. The maximum Gasteiger partial charge on any atom is 0.317 e. The Balaban J connectivity index is 1.10. The molecule has 0 atom stereocenters. The molecule has 8 N–H and O–H groups in total. The van der Waals surface area contributed by atoms with Crippen LogP contribution < -0.4 is 27.4 Å². The molecule has 38 heavy (non-hydrogen) atoms. The number of amides is 3. The van der Waals surface area contributed by atoms with Crippen LogP contribution in [0.2, 0.25) is 5.15 Å². The smallest absolute Gasteiger partial charge is 0.317 e. The summed E-state index contributed by atoms with van der Waals surface area (Å²) in [6, 6.07) is 4.24. The average Bonchev–Trinajstić information content (AvgIpc) is 3.45. The van der Waals surface area contributed by atoms with E-state index >= 15 is 0 Å². The number of hydrogen-bond donors (Lipinski definition) is 6. The van der Waals surface area contributed by atoms with E-state index in [1.54, 1.807) is 0 Å². The number of aryl methyl sites for hydroxylation is 2. The van der Waals surface area contributed by atoms with E-state index in [-0.39, 0.29) is 34.1 Å². The molecule has 2 aliphatic heterocycles. The van der Waals surface area contributed by atoms with Crippen LogP contribution in [0.25, 0.3) is 10.9 Å². The lowest BCUT2D eigenvalue weighted by Gasteiger charge is -2.39. The highest BCUT2D eigenvalue weighted by molar-refractivity contribution is 6.31. The second-order valence-electron chi connectivity index (χ2n) is 9.95. The first kappa shape index (κ1) is 25.6. The number of nitrogens with one attached hydrogen (secondary N) is 4. The summed E-state index contributed by atoms with van der Waals surface area (Å²) in [5.41, 5.74) is 15.7. The predicted octanol–water partition coefficient (Wildman–Crippen LogP) is 1.87. The second kappa shape index (κ2) is 10.0. The third-order valence-electron chi connectivity index (χ3n) is 7.16. The van der Waals surface area contributed by atoms with E-state index in [0.29, 0.717) is 45.0 Å². The number of carbonyl (C=O) groups is 2. The number of benzene rings is 1. The molecule has 4 heterocycles. The first-order valence-electron chi connectivity index (χ1n) is 12.5. The maximum atomic E-state index is 12.8. The molecule has 0 aliphatic carbocycles. The number of H-pyrrole nitrogens is 1. The summed E-state index contributed by atoms with van der Waals surface area (Å²) in [5.74, 6) is -0.425. The van der Waals surface area contributed by atoms with Crippen molar-refractivity contribution in [2.75, 3.05) is 37.6 Å². The van der Waals surface area contributed by atoms with Crippen LogP contribution in [0.15, 0.2) is 23.3 Å². The number of hydrogen-bond acceptors (Lipinski definition) is 8. The van der Waals surface area contributed by atoms with Gasteiger partial charge in [-0.25, -0.2) is 14.8 Å². The first-order valence-corrected chi connectivity index (χ1v) is 12.8. The van der Waals surface area contributed by atoms with Crippen LogP contribution in [0.4, 0.5) is 16.4 Å². The number of halogens is 1. The van der Waals surface area contributed by atoms with Crippen molar-refractivity contribution in [1.29, 1.82) is 0 Å². The lowest BCUT2D eigenvalue weighted by atomic mass is 9.88. The Bertz CT molecular complexity index is 1440. The number of aromatic amines is 1. The molecule has 0 unspecified atom stereocenters. The second-order valence-corrected chi connectivity index (χ2v) is 10.3. The van der Waals surface area contributed by atoms with Crippen LogP contribution in [0.5, 0.6) is 0 Å². The number of nitrogens with zero attached hydrogens (tertiary/aromatic N) is 4. The number of nitrogen functional groups attached to an aromatic ring is 2. The van der Waals surface area contributed by atoms with Gasteiger partial charge in [0.05, 0.1) is 12.1 Å². The zero-order chi connectivity index (χ0) is 27.0. The van der Waals surface area contributed by atoms with Gasteiger partial charge in [-0.05, 0) is 55.9 Å². The van der Waals surface area contributed by atoms with Crippen molar-refractivity contribution in [3.63, 3.8) is 0 Å². The molecule has 0 bridgehead atoms. The predicted molar refractivity (Wildman–Crippen MR) is 147 cm³/mol. The van der Waals surface area contributed by atoms with Gasteiger partial charge in [0.15, 0.2) is 28.4 Å². The van der Waals surface area contributed by atoms with Crippen LogP contribution in [0.3, 0.4) is 0 Å².